The van der Waals surface area contributed by atoms with Crippen LogP contribution in [-0.2, 0) is 10.0 Å². The van der Waals surface area contributed by atoms with Crippen LogP contribution in [0, 0.1) is 0 Å². The molecule has 0 radical (unpaired) electrons. The van der Waals surface area contributed by atoms with E-state index in [1.807, 2.05) is 0 Å². The van der Waals surface area contributed by atoms with Crippen LogP contribution < -0.4 is 10.0 Å². The van der Waals surface area contributed by atoms with E-state index in [2.05, 4.69) is 10.0 Å². The third-order valence-corrected chi connectivity index (χ3v) is 6.36. The number of sulfonamides is 1. The van der Waals surface area contributed by atoms with Gasteiger partial charge in [-0.1, -0.05) is 34.8 Å². The van der Waals surface area contributed by atoms with Crippen molar-refractivity contribution >= 4 is 68.1 Å². The predicted molar refractivity (Wildman–Crippen MR) is 120 cm³/mol. The SMILES string of the molecule is O=C(O)c1ccc(NC(=O)c2cc(Cl)ccc2NS(=O)(=O)c2ccc(Cl)cc2Cl)cc1. The van der Waals surface area contributed by atoms with Crippen LogP contribution >= 0.6 is 34.8 Å². The molecule has 0 aromatic heterocycles. The molecular weight excluding hydrogens is 487 g/mol. The lowest BCUT2D eigenvalue weighted by Gasteiger charge is -2.14. The van der Waals surface area contributed by atoms with E-state index < -0.39 is 21.9 Å². The Morgan fingerprint density at radius 2 is 1.45 bits per heavy atom. The fourth-order valence-electron chi connectivity index (χ4n) is 2.58. The molecule has 0 unspecified atom stereocenters. The maximum Gasteiger partial charge on any atom is 0.335 e. The molecule has 3 rings (SSSR count). The van der Waals surface area contributed by atoms with Gasteiger partial charge in [0.1, 0.15) is 4.90 Å². The van der Waals surface area contributed by atoms with Crippen LogP contribution in [0.1, 0.15) is 20.7 Å². The highest BCUT2D eigenvalue weighted by molar-refractivity contribution is 7.92. The van der Waals surface area contributed by atoms with Crippen molar-refractivity contribution in [2.45, 2.75) is 4.90 Å². The molecule has 1 amide bonds. The van der Waals surface area contributed by atoms with Gasteiger partial charge in [0.05, 0.1) is 21.8 Å². The van der Waals surface area contributed by atoms with E-state index in [9.17, 15) is 18.0 Å². The van der Waals surface area contributed by atoms with Gasteiger partial charge < -0.3 is 10.4 Å². The number of amides is 1. The third-order valence-electron chi connectivity index (χ3n) is 4.04. The molecule has 0 aliphatic carbocycles. The van der Waals surface area contributed by atoms with E-state index >= 15 is 0 Å². The number of halogens is 3. The normalized spacial score (nSPS) is 11.1. The highest BCUT2D eigenvalue weighted by Gasteiger charge is 2.22. The van der Waals surface area contributed by atoms with Gasteiger partial charge in [0.15, 0.2) is 0 Å². The van der Waals surface area contributed by atoms with Gasteiger partial charge >= 0.3 is 5.97 Å². The highest BCUT2D eigenvalue weighted by Crippen LogP contribution is 2.29. The number of carbonyl (C=O) groups is 2. The van der Waals surface area contributed by atoms with E-state index in [1.54, 1.807) is 0 Å². The van der Waals surface area contributed by atoms with E-state index in [0.717, 1.165) is 0 Å². The minimum absolute atomic E-state index is 0.0323. The maximum absolute atomic E-state index is 12.8. The maximum atomic E-state index is 12.8. The summed E-state index contributed by atoms with van der Waals surface area (Å²) in [5, 5.41) is 11.9. The quantitative estimate of drug-likeness (QED) is 0.420. The molecule has 0 aliphatic heterocycles. The lowest BCUT2D eigenvalue weighted by Crippen LogP contribution is -2.19. The van der Waals surface area contributed by atoms with Gasteiger partial charge in [-0.2, -0.15) is 0 Å². The molecule has 0 heterocycles. The zero-order valence-electron chi connectivity index (χ0n) is 15.4. The predicted octanol–water partition coefficient (Wildman–Crippen LogP) is 5.40. The summed E-state index contributed by atoms with van der Waals surface area (Å²) in [6.45, 7) is 0. The number of anilines is 2. The van der Waals surface area contributed by atoms with E-state index in [4.69, 9.17) is 39.9 Å². The Kier molecular flexibility index (Phi) is 6.76. The zero-order chi connectivity index (χ0) is 22.8. The van der Waals surface area contributed by atoms with Crippen LogP contribution in [0.15, 0.2) is 65.6 Å². The Morgan fingerprint density at radius 3 is 2.06 bits per heavy atom. The molecule has 7 nitrogen and oxygen atoms in total. The van der Waals surface area contributed by atoms with Crippen LogP contribution in [0.4, 0.5) is 11.4 Å². The fraction of sp³-hybridized carbons (Fsp3) is 0. The van der Waals surface area contributed by atoms with Crippen LogP contribution in [-0.4, -0.2) is 25.4 Å². The lowest BCUT2D eigenvalue weighted by atomic mass is 10.1. The number of rotatable bonds is 6. The van der Waals surface area contributed by atoms with Crippen LogP contribution in [0.3, 0.4) is 0 Å². The number of hydrogen-bond donors (Lipinski definition) is 3. The molecule has 0 fully saturated rings. The number of hydrogen-bond acceptors (Lipinski definition) is 4. The van der Waals surface area contributed by atoms with Crippen molar-refractivity contribution < 1.29 is 23.1 Å². The minimum Gasteiger partial charge on any atom is -0.478 e. The summed E-state index contributed by atoms with van der Waals surface area (Å²) in [5.74, 6) is -1.77. The topological polar surface area (TPSA) is 113 Å². The summed E-state index contributed by atoms with van der Waals surface area (Å²) in [4.78, 5) is 23.5. The van der Waals surface area contributed by atoms with Crippen molar-refractivity contribution in [2.24, 2.45) is 0 Å². The fourth-order valence-corrected chi connectivity index (χ4v) is 4.61. The van der Waals surface area contributed by atoms with Gasteiger partial charge in [-0.15, -0.1) is 0 Å². The molecule has 160 valence electrons. The number of aromatic carboxylic acids is 1. The molecule has 3 N–H and O–H groups in total. The highest BCUT2D eigenvalue weighted by atomic mass is 35.5. The van der Waals surface area contributed by atoms with Crippen molar-refractivity contribution in [3.8, 4) is 0 Å². The zero-order valence-corrected chi connectivity index (χ0v) is 18.5. The number of nitrogens with one attached hydrogen (secondary N) is 2. The molecule has 0 bridgehead atoms. The molecule has 0 spiro atoms. The summed E-state index contributed by atoms with van der Waals surface area (Å²) >= 11 is 17.8. The minimum atomic E-state index is -4.15. The summed E-state index contributed by atoms with van der Waals surface area (Å²) in [6, 6.07) is 13.4. The molecular formula is C20H13Cl3N2O5S. The largest absolute Gasteiger partial charge is 0.478 e. The molecule has 3 aromatic rings. The molecule has 11 heteroatoms. The molecule has 0 aliphatic rings. The first kappa shape index (κ1) is 22.9. The average molecular weight is 500 g/mol. The van der Waals surface area contributed by atoms with Crippen molar-refractivity contribution in [3.63, 3.8) is 0 Å². The van der Waals surface area contributed by atoms with Gasteiger partial charge in [-0.3, -0.25) is 9.52 Å². The summed E-state index contributed by atoms with van der Waals surface area (Å²) in [6.07, 6.45) is 0. The third kappa shape index (κ3) is 5.48. The summed E-state index contributed by atoms with van der Waals surface area (Å²) in [7, 11) is -4.15. The van der Waals surface area contributed by atoms with Crippen molar-refractivity contribution in [1.82, 2.24) is 0 Å². The van der Waals surface area contributed by atoms with Gasteiger partial charge in [0.2, 0.25) is 0 Å². The Bertz CT molecular complexity index is 1280. The standard InChI is InChI=1S/C20H13Cl3N2O5S/c21-12-3-7-17(25-31(29,30)18-8-4-13(22)10-16(18)23)15(9-12)19(26)24-14-5-1-11(2-6-14)20(27)28/h1-10,25H,(H,24,26)(H,27,28). The summed E-state index contributed by atoms with van der Waals surface area (Å²) in [5.41, 5.74) is 0.275. The first-order chi connectivity index (χ1) is 14.6. The second-order valence-corrected chi connectivity index (χ2v) is 9.14. The lowest BCUT2D eigenvalue weighted by molar-refractivity contribution is 0.0696. The average Bonchev–Trinajstić information content (AvgIpc) is 2.69. The number of benzene rings is 3. The van der Waals surface area contributed by atoms with Crippen molar-refractivity contribution in [2.75, 3.05) is 10.0 Å². The van der Waals surface area contributed by atoms with Crippen molar-refractivity contribution in [3.05, 3.63) is 86.9 Å². The van der Waals surface area contributed by atoms with Gasteiger partial charge in [0, 0.05) is 15.7 Å². The Hall–Kier alpha value is -2.78. The Balaban J connectivity index is 1.91. The first-order valence-electron chi connectivity index (χ1n) is 8.49. The second-order valence-electron chi connectivity index (χ2n) is 6.21. The molecule has 0 saturated heterocycles. The van der Waals surface area contributed by atoms with E-state index in [0.29, 0.717) is 5.69 Å². The second kappa shape index (κ2) is 9.15. The molecule has 3 aromatic carbocycles. The first-order valence-corrected chi connectivity index (χ1v) is 11.1. The van der Waals surface area contributed by atoms with Gasteiger partial charge in [-0.25, -0.2) is 13.2 Å². The van der Waals surface area contributed by atoms with Gasteiger partial charge in [0.25, 0.3) is 15.9 Å². The Morgan fingerprint density at radius 1 is 0.839 bits per heavy atom. The monoisotopic (exact) mass is 498 g/mol. The molecule has 0 saturated carbocycles. The van der Waals surface area contributed by atoms with E-state index in [-0.39, 0.29) is 36.8 Å². The van der Waals surface area contributed by atoms with Crippen LogP contribution in [0.25, 0.3) is 0 Å². The van der Waals surface area contributed by atoms with E-state index in [1.165, 1.54) is 60.7 Å². The van der Waals surface area contributed by atoms with Crippen molar-refractivity contribution in [1.29, 1.82) is 0 Å². The number of carbonyl (C=O) groups excluding carboxylic acids is 1. The smallest absolute Gasteiger partial charge is 0.335 e. The summed E-state index contributed by atoms with van der Waals surface area (Å²) < 4.78 is 27.9. The molecule has 0 atom stereocenters. The Labute approximate surface area is 192 Å². The molecule has 31 heavy (non-hydrogen) atoms. The number of carboxylic acid groups (broad SMARTS) is 1. The van der Waals surface area contributed by atoms with Crippen LogP contribution in [0.2, 0.25) is 15.1 Å². The van der Waals surface area contributed by atoms with Crippen LogP contribution in [0.5, 0.6) is 0 Å². The number of carboxylic acids is 1. The van der Waals surface area contributed by atoms with Gasteiger partial charge in [-0.05, 0) is 60.7 Å².